The van der Waals surface area contributed by atoms with E-state index in [4.69, 9.17) is 11.6 Å². The van der Waals surface area contributed by atoms with Crippen LogP contribution < -0.4 is 5.32 Å². The Morgan fingerprint density at radius 2 is 1.83 bits per heavy atom. The molecule has 0 spiro atoms. The van der Waals surface area contributed by atoms with Crippen molar-refractivity contribution in [1.29, 1.82) is 0 Å². The molecule has 2 aromatic rings. The smallest absolute Gasteiger partial charge is 0.127 e. The van der Waals surface area contributed by atoms with E-state index < -0.39 is 5.60 Å². The van der Waals surface area contributed by atoms with Gasteiger partial charge < -0.3 is 10.4 Å². The summed E-state index contributed by atoms with van der Waals surface area (Å²) in [7, 11) is 0. The Morgan fingerprint density at radius 3 is 2.57 bits per heavy atom. The molecule has 0 aromatic heterocycles. The Labute approximate surface area is 142 Å². The maximum absolute atomic E-state index is 10.9. The first-order chi connectivity index (χ1) is 11.1. The normalized spacial score (nSPS) is 18.9. The topological polar surface area (TPSA) is 44.6 Å². The predicted octanol–water partition coefficient (Wildman–Crippen LogP) is 5.57. The van der Waals surface area contributed by atoms with E-state index in [9.17, 15) is 5.11 Å². The summed E-state index contributed by atoms with van der Waals surface area (Å²) in [5, 5.41) is 15.0. The summed E-state index contributed by atoms with van der Waals surface area (Å²) in [6, 6.07) is 13.5. The largest absolute Gasteiger partial charge is 0.379 e. The lowest BCUT2D eigenvalue weighted by atomic mass is 9.90. The van der Waals surface area contributed by atoms with Gasteiger partial charge in [-0.05, 0) is 55.3 Å². The highest BCUT2D eigenvalue weighted by Gasteiger charge is 2.33. The second kappa shape index (κ2) is 6.73. The lowest BCUT2D eigenvalue weighted by molar-refractivity contribution is 0.107. The van der Waals surface area contributed by atoms with Crippen LogP contribution in [0.2, 0.25) is 5.02 Å². The molecule has 1 atom stereocenters. The van der Waals surface area contributed by atoms with E-state index in [-0.39, 0.29) is 0 Å². The minimum absolute atomic E-state index is 0.710. The van der Waals surface area contributed by atoms with Gasteiger partial charge in [0, 0.05) is 28.2 Å². The summed E-state index contributed by atoms with van der Waals surface area (Å²) >= 11 is 5.91. The minimum atomic E-state index is -0.942. The number of anilines is 2. The zero-order valence-corrected chi connectivity index (χ0v) is 14.0. The van der Waals surface area contributed by atoms with Gasteiger partial charge in [-0.2, -0.15) is 0 Å². The van der Waals surface area contributed by atoms with Crippen LogP contribution in [0.5, 0.6) is 0 Å². The summed E-state index contributed by atoms with van der Waals surface area (Å²) in [4.78, 5) is 4.37. The van der Waals surface area contributed by atoms with Crippen LogP contribution in [0.3, 0.4) is 0 Å². The number of aliphatic imine (C=N–C) groups is 1. The van der Waals surface area contributed by atoms with Crippen molar-refractivity contribution >= 4 is 34.9 Å². The molecule has 120 valence electrons. The van der Waals surface area contributed by atoms with Crippen LogP contribution in [0.25, 0.3) is 0 Å². The zero-order chi connectivity index (χ0) is 16.3. The van der Waals surface area contributed by atoms with Crippen LogP contribution >= 0.6 is 11.6 Å². The molecule has 3 nitrogen and oxygen atoms in total. The fourth-order valence-electron chi connectivity index (χ4n) is 2.86. The number of halogens is 1. The number of nitrogens with zero attached hydrogens (tertiary/aromatic N) is 1. The molecule has 1 unspecified atom stereocenters. The molecule has 0 aliphatic carbocycles. The van der Waals surface area contributed by atoms with Gasteiger partial charge in [-0.15, -0.1) is 0 Å². The van der Waals surface area contributed by atoms with Crippen LogP contribution in [0.1, 0.15) is 38.2 Å². The molecule has 0 fully saturated rings. The molecular formula is C19H21ClN2O. The lowest BCUT2D eigenvalue weighted by Gasteiger charge is -2.22. The summed E-state index contributed by atoms with van der Waals surface area (Å²) in [6.07, 6.45) is 5.64. The van der Waals surface area contributed by atoms with Crippen molar-refractivity contribution in [1.82, 2.24) is 0 Å². The second-order valence-electron chi connectivity index (χ2n) is 6.00. The van der Waals surface area contributed by atoms with Gasteiger partial charge in [-0.3, -0.25) is 4.99 Å². The molecule has 1 aliphatic heterocycles. The van der Waals surface area contributed by atoms with E-state index in [1.165, 1.54) is 0 Å². The molecule has 0 saturated heterocycles. The zero-order valence-electron chi connectivity index (χ0n) is 13.2. The highest BCUT2D eigenvalue weighted by Crippen LogP contribution is 2.40. The fraction of sp³-hybridized carbons (Fsp3) is 0.316. The van der Waals surface area contributed by atoms with Gasteiger partial charge in [0.2, 0.25) is 0 Å². The number of fused-ring (bicyclic) bond motifs is 1. The van der Waals surface area contributed by atoms with E-state index in [2.05, 4.69) is 17.2 Å². The predicted molar refractivity (Wildman–Crippen MR) is 97.4 cm³/mol. The van der Waals surface area contributed by atoms with E-state index in [1.807, 2.05) is 42.5 Å². The number of hydrogen-bond donors (Lipinski definition) is 2. The molecule has 3 rings (SSSR count). The van der Waals surface area contributed by atoms with Crippen LogP contribution in [-0.2, 0) is 5.60 Å². The van der Waals surface area contributed by atoms with Crippen molar-refractivity contribution in [3.8, 4) is 0 Å². The SMILES string of the molecule is CCCCCC1(O)C=Nc2ccc(Nc3ccc(Cl)cc3)cc21. The van der Waals surface area contributed by atoms with Gasteiger partial charge in [0.25, 0.3) is 0 Å². The van der Waals surface area contributed by atoms with Crippen LogP contribution in [0.15, 0.2) is 47.5 Å². The first-order valence-electron chi connectivity index (χ1n) is 8.05. The third kappa shape index (κ3) is 3.57. The quantitative estimate of drug-likeness (QED) is 0.681. The minimum Gasteiger partial charge on any atom is -0.379 e. The first-order valence-corrected chi connectivity index (χ1v) is 8.43. The third-order valence-corrected chi connectivity index (χ3v) is 4.43. The molecule has 0 saturated carbocycles. The highest BCUT2D eigenvalue weighted by molar-refractivity contribution is 6.30. The molecule has 0 amide bonds. The Morgan fingerprint density at radius 1 is 1.09 bits per heavy atom. The Kier molecular flexibility index (Phi) is 4.69. The summed E-state index contributed by atoms with van der Waals surface area (Å²) in [6.45, 7) is 2.16. The number of unbranched alkanes of at least 4 members (excludes halogenated alkanes) is 2. The number of rotatable bonds is 6. The summed E-state index contributed by atoms with van der Waals surface area (Å²) in [5.41, 5.74) is 2.69. The van der Waals surface area contributed by atoms with Crippen molar-refractivity contribution in [2.24, 2.45) is 4.99 Å². The van der Waals surface area contributed by atoms with E-state index in [0.717, 1.165) is 41.9 Å². The first kappa shape index (κ1) is 16.0. The van der Waals surface area contributed by atoms with E-state index >= 15 is 0 Å². The molecule has 2 N–H and O–H groups in total. The number of aliphatic hydroxyl groups is 1. The molecule has 23 heavy (non-hydrogen) atoms. The number of hydrogen-bond acceptors (Lipinski definition) is 3. The monoisotopic (exact) mass is 328 g/mol. The molecule has 0 bridgehead atoms. The maximum atomic E-state index is 10.9. The number of benzene rings is 2. The second-order valence-corrected chi connectivity index (χ2v) is 6.44. The van der Waals surface area contributed by atoms with Crippen LogP contribution in [-0.4, -0.2) is 11.3 Å². The molecule has 0 radical (unpaired) electrons. The summed E-state index contributed by atoms with van der Waals surface area (Å²) in [5.74, 6) is 0. The van der Waals surface area contributed by atoms with Gasteiger partial charge >= 0.3 is 0 Å². The van der Waals surface area contributed by atoms with Crippen molar-refractivity contribution in [3.05, 3.63) is 53.1 Å². The molecule has 2 aromatic carbocycles. The molecule has 1 heterocycles. The standard InChI is InChI=1S/C19H21ClN2O/c1-2-3-4-11-19(23)13-21-18-10-9-16(12-17(18)19)22-15-7-5-14(20)6-8-15/h5-10,12-13,22-23H,2-4,11H2,1H3. The van der Waals surface area contributed by atoms with Crippen molar-refractivity contribution in [2.75, 3.05) is 5.32 Å². The van der Waals surface area contributed by atoms with Gasteiger partial charge in [0.15, 0.2) is 0 Å². The molecule has 1 aliphatic rings. The van der Waals surface area contributed by atoms with Gasteiger partial charge in [-0.25, -0.2) is 0 Å². The van der Waals surface area contributed by atoms with Crippen molar-refractivity contribution in [3.63, 3.8) is 0 Å². The van der Waals surface area contributed by atoms with Gasteiger partial charge in [0.05, 0.1) is 5.69 Å². The average molecular weight is 329 g/mol. The van der Waals surface area contributed by atoms with Gasteiger partial charge in [0.1, 0.15) is 5.60 Å². The van der Waals surface area contributed by atoms with Crippen LogP contribution in [0.4, 0.5) is 17.1 Å². The van der Waals surface area contributed by atoms with Crippen molar-refractivity contribution in [2.45, 2.75) is 38.2 Å². The van der Waals surface area contributed by atoms with E-state index in [0.29, 0.717) is 11.4 Å². The highest BCUT2D eigenvalue weighted by atomic mass is 35.5. The Hall–Kier alpha value is -1.84. The lowest BCUT2D eigenvalue weighted by Crippen LogP contribution is -2.24. The Balaban J connectivity index is 1.80. The number of nitrogens with one attached hydrogen (secondary N) is 1. The van der Waals surface area contributed by atoms with Gasteiger partial charge in [-0.1, -0.05) is 31.4 Å². The van der Waals surface area contributed by atoms with E-state index in [1.54, 1.807) is 6.21 Å². The molecule has 4 heteroatoms. The fourth-order valence-corrected chi connectivity index (χ4v) is 2.99. The van der Waals surface area contributed by atoms with Crippen LogP contribution in [0, 0.1) is 0 Å². The van der Waals surface area contributed by atoms with Crippen molar-refractivity contribution < 1.29 is 5.11 Å². The molecular weight excluding hydrogens is 308 g/mol. The summed E-state index contributed by atoms with van der Waals surface area (Å²) < 4.78 is 0. The Bertz CT molecular complexity index is 712. The third-order valence-electron chi connectivity index (χ3n) is 4.17. The maximum Gasteiger partial charge on any atom is 0.127 e. The average Bonchev–Trinajstić information content (AvgIpc) is 2.87.